The summed E-state index contributed by atoms with van der Waals surface area (Å²) in [4.78, 5) is 39.4. The predicted molar refractivity (Wildman–Crippen MR) is 83.7 cm³/mol. The second-order valence-electron chi connectivity index (χ2n) is 8.83. The van der Waals surface area contributed by atoms with Gasteiger partial charge in [-0.15, -0.1) is 0 Å². The molecule has 6 rings (SSSR count). The van der Waals surface area contributed by atoms with Crippen LogP contribution in [0.15, 0.2) is 0 Å². The van der Waals surface area contributed by atoms with Crippen molar-refractivity contribution in [2.45, 2.75) is 38.5 Å². The third-order valence-electron chi connectivity index (χ3n) is 7.02. The molecule has 3 amide bonds. The molecule has 130 valence electrons. The molecule has 6 aliphatic rings. The summed E-state index contributed by atoms with van der Waals surface area (Å²) in [5.41, 5.74) is -0.0812. The third-order valence-corrected chi connectivity index (χ3v) is 7.02. The Morgan fingerprint density at radius 3 is 2.12 bits per heavy atom. The number of hydrogen-bond acceptors (Lipinski definition) is 4. The zero-order chi connectivity index (χ0) is 16.5. The molecule has 4 aliphatic carbocycles. The minimum absolute atomic E-state index is 0.0812. The van der Waals surface area contributed by atoms with Crippen molar-refractivity contribution >= 4 is 17.9 Å². The minimum Gasteiger partial charge on any atom is -0.439 e. The van der Waals surface area contributed by atoms with E-state index >= 15 is 0 Å². The standard InChI is InChI=1S/C18H24N2O4/c21-15-10-24-17(23)20(15)9-14-7-19(8-14)16(22)18-4-11-1-12(5-18)3-13(2-11)6-18/h11-14H,1-10H2. The van der Waals surface area contributed by atoms with Gasteiger partial charge in [-0.05, 0) is 56.3 Å². The van der Waals surface area contributed by atoms with Gasteiger partial charge in [0.1, 0.15) is 0 Å². The van der Waals surface area contributed by atoms with Crippen molar-refractivity contribution in [3.63, 3.8) is 0 Å². The summed E-state index contributed by atoms with van der Waals surface area (Å²) in [7, 11) is 0. The van der Waals surface area contributed by atoms with Crippen molar-refractivity contribution in [2.75, 3.05) is 26.2 Å². The Morgan fingerprint density at radius 2 is 1.62 bits per heavy atom. The van der Waals surface area contributed by atoms with Gasteiger partial charge in [0.15, 0.2) is 6.61 Å². The third kappa shape index (κ3) is 2.11. The molecule has 0 N–H and O–H groups in total. The van der Waals surface area contributed by atoms with Gasteiger partial charge in [0.05, 0.1) is 5.41 Å². The summed E-state index contributed by atoms with van der Waals surface area (Å²) in [5, 5.41) is 0. The molecule has 6 nitrogen and oxygen atoms in total. The lowest BCUT2D eigenvalue weighted by atomic mass is 9.49. The van der Waals surface area contributed by atoms with Crippen molar-refractivity contribution < 1.29 is 19.1 Å². The number of amides is 3. The Bertz CT molecular complexity index is 559. The van der Waals surface area contributed by atoms with Crippen molar-refractivity contribution in [1.29, 1.82) is 0 Å². The number of hydrogen-bond donors (Lipinski definition) is 0. The number of carbonyl (C=O) groups is 3. The molecule has 6 fully saturated rings. The van der Waals surface area contributed by atoms with Crippen LogP contribution in [0.4, 0.5) is 4.79 Å². The van der Waals surface area contributed by atoms with Crippen molar-refractivity contribution in [2.24, 2.45) is 29.1 Å². The number of nitrogens with zero attached hydrogens (tertiary/aromatic N) is 2. The highest BCUT2D eigenvalue weighted by Gasteiger charge is 2.56. The molecule has 2 heterocycles. The lowest BCUT2D eigenvalue weighted by Crippen LogP contribution is -2.61. The topological polar surface area (TPSA) is 66.9 Å². The fourth-order valence-corrected chi connectivity index (χ4v) is 6.37. The van der Waals surface area contributed by atoms with E-state index in [1.807, 2.05) is 4.90 Å². The number of ether oxygens (including phenoxy) is 1. The van der Waals surface area contributed by atoms with E-state index in [-0.39, 0.29) is 23.8 Å². The summed E-state index contributed by atoms with van der Waals surface area (Å²) in [6.07, 6.45) is 6.77. The number of cyclic esters (lactones) is 1. The van der Waals surface area contributed by atoms with E-state index in [9.17, 15) is 14.4 Å². The van der Waals surface area contributed by atoms with E-state index in [0.717, 1.165) is 37.0 Å². The SMILES string of the molecule is O=C1COC(=O)N1CC1CN(C(=O)C23CC4CC(CC(C4)C2)C3)C1. The fraction of sp³-hybridized carbons (Fsp3) is 0.833. The van der Waals surface area contributed by atoms with Crippen LogP contribution in [0.5, 0.6) is 0 Å². The van der Waals surface area contributed by atoms with Crippen LogP contribution in [0.2, 0.25) is 0 Å². The number of imide groups is 1. The van der Waals surface area contributed by atoms with Crippen LogP contribution in [0.1, 0.15) is 38.5 Å². The molecule has 0 aromatic rings. The monoisotopic (exact) mass is 332 g/mol. The smallest absolute Gasteiger partial charge is 0.417 e. The maximum Gasteiger partial charge on any atom is 0.417 e. The van der Waals surface area contributed by atoms with Gasteiger partial charge >= 0.3 is 6.09 Å². The summed E-state index contributed by atoms with van der Waals surface area (Å²) in [6.45, 7) is 1.61. The Kier molecular flexibility index (Phi) is 3.04. The largest absolute Gasteiger partial charge is 0.439 e. The first-order valence-corrected chi connectivity index (χ1v) is 9.29. The van der Waals surface area contributed by atoms with Crippen LogP contribution in [0.3, 0.4) is 0 Å². The number of carbonyl (C=O) groups excluding carboxylic acids is 3. The average Bonchev–Trinajstić information content (AvgIpc) is 2.79. The second kappa shape index (κ2) is 4.96. The highest BCUT2D eigenvalue weighted by molar-refractivity contribution is 5.97. The highest BCUT2D eigenvalue weighted by atomic mass is 16.6. The van der Waals surface area contributed by atoms with E-state index in [1.54, 1.807) is 0 Å². The Morgan fingerprint density at radius 1 is 1.04 bits per heavy atom. The van der Waals surface area contributed by atoms with E-state index in [1.165, 1.54) is 24.2 Å². The van der Waals surface area contributed by atoms with Gasteiger partial charge in [-0.1, -0.05) is 0 Å². The van der Waals surface area contributed by atoms with Crippen molar-refractivity contribution in [3.05, 3.63) is 0 Å². The quantitative estimate of drug-likeness (QED) is 0.788. The van der Waals surface area contributed by atoms with Crippen LogP contribution >= 0.6 is 0 Å². The summed E-state index contributed by atoms with van der Waals surface area (Å²) in [6, 6.07) is 0. The highest BCUT2D eigenvalue weighted by Crippen LogP contribution is 2.60. The molecule has 4 bridgehead atoms. The van der Waals surface area contributed by atoms with E-state index < -0.39 is 6.09 Å². The van der Waals surface area contributed by atoms with Crippen LogP contribution < -0.4 is 0 Å². The lowest BCUT2D eigenvalue weighted by Gasteiger charge is -2.58. The van der Waals surface area contributed by atoms with Gasteiger partial charge in [0.25, 0.3) is 5.91 Å². The molecule has 0 unspecified atom stereocenters. The zero-order valence-corrected chi connectivity index (χ0v) is 13.9. The van der Waals surface area contributed by atoms with Gasteiger partial charge in [-0.3, -0.25) is 9.59 Å². The number of rotatable bonds is 3. The first-order valence-electron chi connectivity index (χ1n) is 9.29. The molecule has 2 aliphatic heterocycles. The van der Waals surface area contributed by atoms with E-state index in [4.69, 9.17) is 4.74 Å². The molecule has 24 heavy (non-hydrogen) atoms. The lowest BCUT2D eigenvalue weighted by molar-refractivity contribution is -0.164. The molecule has 6 heteroatoms. The first-order chi connectivity index (χ1) is 11.5. The van der Waals surface area contributed by atoms with Gasteiger partial charge in [-0.25, -0.2) is 9.69 Å². The maximum absolute atomic E-state index is 13.1. The molecule has 0 aromatic heterocycles. The molecule has 0 spiro atoms. The normalized spacial score (nSPS) is 40.9. The van der Waals surface area contributed by atoms with Gasteiger partial charge in [0.2, 0.25) is 5.91 Å². The van der Waals surface area contributed by atoms with E-state index in [2.05, 4.69) is 0 Å². The van der Waals surface area contributed by atoms with Crippen molar-refractivity contribution in [3.8, 4) is 0 Å². The number of likely N-dealkylation sites (tertiary alicyclic amines) is 1. The minimum atomic E-state index is -0.536. The van der Waals surface area contributed by atoms with Crippen LogP contribution in [-0.2, 0) is 14.3 Å². The van der Waals surface area contributed by atoms with Gasteiger partial charge in [-0.2, -0.15) is 0 Å². The van der Waals surface area contributed by atoms with E-state index in [0.29, 0.717) is 25.5 Å². The molecular formula is C18H24N2O4. The van der Waals surface area contributed by atoms with Crippen LogP contribution in [0, 0.1) is 29.1 Å². The Hall–Kier alpha value is -1.59. The average molecular weight is 332 g/mol. The molecule has 4 saturated carbocycles. The fourth-order valence-electron chi connectivity index (χ4n) is 6.37. The van der Waals surface area contributed by atoms with Crippen LogP contribution in [-0.4, -0.2) is 53.9 Å². The maximum atomic E-state index is 13.1. The molecule has 2 saturated heterocycles. The zero-order valence-electron chi connectivity index (χ0n) is 13.9. The second-order valence-corrected chi connectivity index (χ2v) is 8.83. The first kappa shape index (κ1) is 14.7. The van der Waals surface area contributed by atoms with Gasteiger partial charge in [0, 0.05) is 25.6 Å². The molecular weight excluding hydrogens is 308 g/mol. The predicted octanol–water partition coefficient (Wildman–Crippen LogP) is 1.64. The summed E-state index contributed by atoms with van der Waals surface area (Å²) >= 11 is 0. The summed E-state index contributed by atoms with van der Waals surface area (Å²) in [5.74, 6) is 2.62. The molecule has 0 aromatic carbocycles. The Labute approximate surface area is 141 Å². The van der Waals surface area contributed by atoms with Gasteiger partial charge < -0.3 is 9.64 Å². The summed E-state index contributed by atoms with van der Waals surface area (Å²) < 4.78 is 4.74. The Balaban J connectivity index is 1.21. The molecule has 0 atom stereocenters. The molecule has 0 radical (unpaired) electrons. The van der Waals surface area contributed by atoms with Crippen LogP contribution in [0.25, 0.3) is 0 Å². The van der Waals surface area contributed by atoms with Crippen molar-refractivity contribution in [1.82, 2.24) is 9.80 Å².